The second kappa shape index (κ2) is 7.56. The lowest BCUT2D eigenvalue weighted by atomic mass is 10.1. The Bertz CT molecular complexity index is 938. The van der Waals surface area contributed by atoms with Gasteiger partial charge in [0.25, 0.3) is 0 Å². The highest BCUT2D eigenvalue weighted by Crippen LogP contribution is 2.34. The van der Waals surface area contributed by atoms with Crippen LogP contribution in [0.4, 0.5) is 5.69 Å². The fourth-order valence-corrected chi connectivity index (χ4v) is 4.73. The Morgan fingerprint density at radius 3 is 2.60 bits per heavy atom. The van der Waals surface area contributed by atoms with Crippen molar-refractivity contribution in [1.29, 1.82) is 0 Å². The number of amides is 1. The Hall–Kier alpha value is -1.89. The number of carbonyl (C=O) groups is 2. The SMILES string of the molecule is CC(=O)Nc1ccc(C(=O)[C@@H](C)Sc2nc3cc(Cl)ccc3s2)cc1. The number of thiazole rings is 1. The highest BCUT2D eigenvalue weighted by Gasteiger charge is 2.18. The first-order valence-corrected chi connectivity index (χ1v) is 9.64. The number of nitrogens with one attached hydrogen (secondary N) is 1. The molecule has 1 aromatic heterocycles. The molecule has 4 nitrogen and oxygen atoms in total. The number of fused-ring (bicyclic) bond motifs is 1. The summed E-state index contributed by atoms with van der Waals surface area (Å²) in [5.41, 5.74) is 2.13. The molecule has 0 unspecified atom stereocenters. The number of anilines is 1. The summed E-state index contributed by atoms with van der Waals surface area (Å²) in [5, 5.41) is 3.07. The zero-order chi connectivity index (χ0) is 18.0. The fourth-order valence-electron chi connectivity index (χ4n) is 2.29. The predicted molar refractivity (Wildman–Crippen MR) is 105 cm³/mol. The van der Waals surface area contributed by atoms with Crippen molar-refractivity contribution in [3.05, 3.63) is 53.1 Å². The summed E-state index contributed by atoms with van der Waals surface area (Å²) < 4.78 is 1.89. The van der Waals surface area contributed by atoms with E-state index in [9.17, 15) is 9.59 Å². The molecular weight excluding hydrogens is 376 g/mol. The topological polar surface area (TPSA) is 59.1 Å². The van der Waals surface area contributed by atoms with E-state index in [1.807, 2.05) is 25.1 Å². The molecule has 3 aromatic rings. The van der Waals surface area contributed by atoms with Gasteiger partial charge in [-0.25, -0.2) is 4.98 Å². The molecule has 7 heteroatoms. The minimum atomic E-state index is -0.261. The van der Waals surface area contributed by atoms with Crippen molar-refractivity contribution in [2.75, 3.05) is 5.32 Å². The van der Waals surface area contributed by atoms with E-state index in [1.54, 1.807) is 35.6 Å². The van der Waals surface area contributed by atoms with E-state index in [0.29, 0.717) is 16.3 Å². The van der Waals surface area contributed by atoms with Crippen LogP contribution in [-0.4, -0.2) is 21.9 Å². The van der Waals surface area contributed by atoms with E-state index in [-0.39, 0.29) is 16.9 Å². The second-order valence-corrected chi connectivity index (χ2v) is 8.53. The lowest BCUT2D eigenvalue weighted by Gasteiger charge is -2.09. The van der Waals surface area contributed by atoms with Crippen LogP contribution in [0.25, 0.3) is 10.2 Å². The summed E-state index contributed by atoms with van der Waals surface area (Å²) >= 11 is 8.97. The molecule has 0 saturated carbocycles. The molecule has 0 bridgehead atoms. The standard InChI is InChI=1S/C18H15ClN2O2S2/c1-10(17(23)12-3-6-14(7-4-12)20-11(2)22)24-18-21-15-9-13(19)5-8-16(15)25-18/h3-10H,1-2H3,(H,20,22)/t10-/m1/s1. The molecule has 0 aliphatic carbocycles. The first-order chi connectivity index (χ1) is 11.9. The largest absolute Gasteiger partial charge is 0.326 e. The van der Waals surface area contributed by atoms with Gasteiger partial charge in [0.1, 0.15) is 0 Å². The number of carbonyl (C=O) groups excluding carboxylic acids is 2. The number of ketones is 1. The van der Waals surface area contributed by atoms with Gasteiger partial charge in [0.05, 0.1) is 15.5 Å². The van der Waals surface area contributed by atoms with Crippen LogP contribution in [0.15, 0.2) is 46.8 Å². The zero-order valence-electron chi connectivity index (χ0n) is 13.6. The molecule has 0 radical (unpaired) electrons. The van der Waals surface area contributed by atoms with Crippen molar-refractivity contribution in [2.45, 2.75) is 23.4 Å². The summed E-state index contributed by atoms with van der Waals surface area (Å²) in [7, 11) is 0. The minimum Gasteiger partial charge on any atom is -0.326 e. The predicted octanol–water partition coefficient (Wildman–Crippen LogP) is 5.27. The number of aromatic nitrogens is 1. The molecule has 1 amide bonds. The normalized spacial score (nSPS) is 12.1. The lowest BCUT2D eigenvalue weighted by molar-refractivity contribution is -0.114. The van der Waals surface area contributed by atoms with Crippen molar-refractivity contribution >= 4 is 62.3 Å². The van der Waals surface area contributed by atoms with E-state index in [4.69, 9.17) is 11.6 Å². The molecule has 1 atom stereocenters. The molecule has 1 heterocycles. The maximum absolute atomic E-state index is 12.6. The highest BCUT2D eigenvalue weighted by molar-refractivity contribution is 8.02. The third kappa shape index (κ3) is 4.39. The molecule has 1 N–H and O–H groups in total. The first kappa shape index (κ1) is 17.9. The summed E-state index contributed by atoms with van der Waals surface area (Å²) in [6, 6.07) is 12.5. The zero-order valence-corrected chi connectivity index (χ0v) is 16.0. The van der Waals surface area contributed by atoms with Crippen LogP contribution < -0.4 is 5.32 Å². The number of hydrogen-bond acceptors (Lipinski definition) is 5. The number of thioether (sulfide) groups is 1. The van der Waals surface area contributed by atoms with Gasteiger partial charge in [-0.1, -0.05) is 23.4 Å². The van der Waals surface area contributed by atoms with Crippen LogP contribution in [0.2, 0.25) is 5.02 Å². The number of halogens is 1. The van der Waals surface area contributed by atoms with Gasteiger partial charge in [-0.3, -0.25) is 9.59 Å². The summed E-state index contributed by atoms with van der Waals surface area (Å²) in [6.07, 6.45) is 0. The molecule has 0 spiro atoms. The van der Waals surface area contributed by atoms with Crippen LogP contribution in [0, 0.1) is 0 Å². The molecule has 0 aliphatic rings. The van der Waals surface area contributed by atoms with E-state index in [1.165, 1.54) is 18.7 Å². The van der Waals surface area contributed by atoms with Crippen LogP contribution in [-0.2, 0) is 4.79 Å². The van der Waals surface area contributed by atoms with Gasteiger partial charge in [-0.05, 0) is 49.4 Å². The van der Waals surface area contributed by atoms with Crippen molar-refractivity contribution in [3.63, 3.8) is 0 Å². The van der Waals surface area contributed by atoms with E-state index >= 15 is 0 Å². The third-order valence-electron chi connectivity index (χ3n) is 3.47. The average molecular weight is 391 g/mol. The van der Waals surface area contributed by atoms with Gasteiger partial charge in [-0.2, -0.15) is 0 Å². The van der Waals surface area contributed by atoms with Crippen molar-refractivity contribution in [2.24, 2.45) is 0 Å². The van der Waals surface area contributed by atoms with E-state index in [0.717, 1.165) is 14.6 Å². The second-order valence-electron chi connectivity index (χ2n) is 5.47. The van der Waals surface area contributed by atoms with Gasteiger partial charge in [0, 0.05) is 23.2 Å². The molecule has 128 valence electrons. The fraction of sp³-hybridized carbons (Fsp3) is 0.167. The van der Waals surface area contributed by atoms with Crippen LogP contribution in [0.3, 0.4) is 0 Å². The summed E-state index contributed by atoms with van der Waals surface area (Å²) in [4.78, 5) is 28.2. The van der Waals surface area contributed by atoms with Gasteiger partial charge < -0.3 is 5.32 Å². The Kier molecular flexibility index (Phi) is 5.42. The molecule has 2 aromatic carbocycles. The lowest BCUT2D eigenvalue weighted by Crippen LogP contribution is -2.13. The van der Waals surface area contributed by atoms with Gasteiger partial charge in [0.15, 0.2) is 10.1 Å². The van der Waals surface area contributed by atoms with Gasteiger partial charge in [0.2, 0.25) is 5.91 Å². The molecule has 0 saturated heterocycles. The maximum atomic E-state index is 12.6. The number of Topliss-reactive ketones (excluding diaryl/α,β-unsaturated/α-hetero) is 1. The van der Waals surface area contributed by atoms with Gasteiger partial charge >= 0.3 is 0 Å². The third-order valence-corrected chi connectivity index (χ3v) is 5.93. The Morgan fingerprint density at radius 2 is 1.92 bits per heavy atom. The number of nitrogens with zero attached hydrogens (tertiary/aromatic N) is 1. The molecule has 3 rings (SSSR count). The van der Waals surface area contributed by atoms with Crippen molar-refractivity contribution in [3.8, 4) is 0 Å². The van der Waals surface area contributed by atoms with Crippen molar-refractivity contribution < 1.29 is 9.59 Å². The van der Waals surface area contributed by atoms with Crippen LogP contribution in [0.5, 0.6) is 0 Å². The summed E-state index contributed by atoms with van der Waals surface area (Å²) in [6.45, 7) is 3.32. The quantitative estimate of drug-likeness (QED) is 0.476. The van der Waals surface area contributed by atoms with E-state index in [2.05, 4.69) is 10.3 Å². The molecule has 0 fully saturated rings. The molecule has 0 aliphatic heterocycles. The maximum Gasteiger partial charge on any atom is 0.221 e. The number of rotatable bonds is 5. The Morgan fingerprint density at radius 1 is 1.20 bits per heavy atom. The summed E-state index contributed by atoms with van der Waals surface area (Å²) in [5.74, 6) is -0.115. The molecular formula is C18H15ClN2O2S2. The van der Waals surface area contributed by atoms with Crippen molar-refractivity contribution in [1.82, 2.24) is 4.98 Å². The average Bonchev–Trinajstić information content (AvgIpc) is 2.95. The Balaban J connectivity index is 1.71. The molecule has 25 heavy (non-hydrogen) atoms. The number of hydrogen-bond donors (Lipinski definition) is 1. The highest BCUT2D eigenvalue weighted by atomic mass is 35.5. The van der Waals surface area contributed by atoms with E-state index < -0.39 is 0 Å². The number of benzene rings is 2. The first-order valence-electron chi connectivity index (χ1n) is 7.57. The Labute approximate surface area is 158 Å². The van der Waals surface area contributed by atoms with Crippen LogP contribution >= 0.6 is 34.7 Å². The monoisotopic (exact) mass is 390 g/mol. The smallest absolute Gasteiger partial charge is 0.221 e. The van der Waals surface area contributed by atoms with Crippen LogP contribution in [0.1, 0.15) is 24.2 Å². The van der Waals surface area contributed by atoms with Gasteiger partial charge in [-0.15, -0.1) is 11.3 Å². The minimum absolute atomic E-state index is 0.0247.